The third-order valence-electron chi connectivity index (χ3n) is 11.0. The van der Waals surface area contributed by atoms with Crippen molar-refractivity contribution in [3.8, 4) is 56.4 Å². The summed E-state index contributed by atoms with van der Waals surface area (Å²) in [6.07, 6.45) is 0. The van der Waals surface area contributed by atoms with Crippen molar-refractivity contribution in [3.05, 3.63) is 133 Å². The molecule has 0 saturated carbocycles. The van der Waals surface area contributed by atoms with Crippen molar-refractivity contribution in [1.29, 1.82) is 0 Å². The predicted octanol–water partition coefficient (Wildman–Crippen LogP) is 3.97. The maximum absolute atomic E-state index is 6.93. The fourth-order valence-corrected chi connectivity index (χ4v) is 7.93. The molecule has 10 aromatic rings. The standard InChI is InChI=1S/C47H22B7N3O/c48-38-35-36(41(51)44(54)43(53)40(35)50)39(49)42(52)37(38)47-56-45(55-46(57-47)31-12-6-14-33-34(31)30-11-3-4-13-32(30)58-33)29-10-5-9-27(22-29)24-15-17-25(18-16-24)28-20-19-23-7-1-2-8-26(23)21-28/h1-22H. The second-order valence-electron chi connectivity index (χ2n) is 14.3. The van der Waals surface area contributed by atoms with E-state index in [9.17, 15) is 0 Å². The maximum atomic E-state index is 6.93. The lowest BCUT2D eigenvalue weighted by Gasteiger charge is -2.24. The summed E-state index contributed by atoms with van der Waals surface area (Å²) in [6, 6.07) is 45.0. The number of para-hydroxylation sites is 1. The zero-order chi connectivity index (χ0) is 39.8. The number of benzene rings is 8. The summed E-state index contributed by atoms with van der Waals surface area (Å²) in [7, 11) is 45.9. The third-order valence-corrected chi connectivity index (χ3v) is 11.0. The van der Waals surface area contributed by atoms with Gasteiger partial charge in [-0.05, 0) is 68.1 Å². The van der Waals surface area contributed by atoms with Crippen molar-refractivity contribution >= 4 is 137 Å². The molecule has 0 N–H and O–H groups in total. The summed E-state index contributed by atoms with van der Waals surface area (Å²) < 4.78 is 6.24. The SMILES string of the molecule is [B]c1c([B])c([B])c2c([B])c(-c3nc(-c4cccc(-c5ccc(-c6ccc7ccccc7c6)cc5)c4)nc(-c4cccc5oc6ccccc6c45)n3)c([B])c([B])c2c1[B]. The molecule has 58 heavy (non-hydrogen) atoms. The van der Waals surface area contributed by atoms with Crippen LogP contribution in [-0.4, -0.2) is 69.9 Å². The molecule has 2 heterocycles. The van der Waals surface area contributed by atoms with E-state index < -0.39 is 0 Å². The molecule has 0 aliphatic carbocycles. The first kappa shape index (κ1) is 35.9. The highest BCUT2D eigenvalue weighted by Crippen LogP contribution is 2.37. The molecule has 0 spiro atoms. The molecule has 252 valence electrons. The zero-order valence-corrected chi connectivity index (χ0v) is 31.0. The van der Waals surface area contributed by atoms with Gasteiger partial charge in [-0.15, -0.1) is 10.9 Å². The van der Waals surface area contributed by atoms with Gasteiger partial charge in [0.15, 0.2) is 17.5 Å². The smallest absolute Gasteiger partial charge is 0.164 e. The lowest BCUT2D eigenvalue weighted by Crippen LogP contribution is -2.52. The Morgan fingerprint density at radius 3 is 1.66 bits per heavy atom. The van der Waals surface area contributed by atoms with Gasteiger partial charge in [0, 0.05) is 27.5 Å². The summed E-state index contributed by atoms with van der Waals surface area (Å²) in [5, 5.41) is 4.79. The normalized spacial score (nSPS) is 11.6. The predicted molar refractivity (Wildman–Crippen MR) is 247 cm³/mol. The molecule has 0 amide bonds. The first-order valence-electron chi connectivity index (χ1n) is 18.6. The minimum atomic E-state index is 0.0875. The number of hydrogen-bond donors (Lipinski definition) is 0. The van der Waals surface area contributed by atoms with Crippen LogP contribution in [0, 0.1) is 0 Å². The van der Waals surface area contributed by atoms with Crippen LogP contribution in [-0.2, 0) is 0 Å². The molecule has 0 unspecified atom stereocenters. The molecule has 0 saturated heterocycles. The second kappa shape index (κ2) is 13.9. The van der Waals surface area contributed by atoms with E-state index >= 15 is 0 Å². The number of rotatable bonds is 5. The van der Waals surface area contributed by atoms with Gasteiger partial charge in [-0.2, -0.15) is 0 Å². The Hall–Kier alpha value is -6.46. The molecule has 0 bridgehead atoms. The molecule has 0 fully saturated rings. The van der Waals surface area contributed by atoms with Gasteiger partial charge in [-0.1, -0.05) is 137 Å². The van der Waals surface area contributed by atoms with Crippen LogP contribution in [0.15, 0.2) is 138 Å². The van der Waals surface area contributed by atoms with Crippen LogP contribution in [0.3, 0.4) is 0 Å². The number of hydrogen-bond acceptors (Lipinski definition) is 4. The number of fused-ring (bicyclic) bond motifs is 5. The van der Waals surface area contributed by atoms with E-state index in [0.29, 0.717) is 28.0 Å². The van der Waals surface area contributed by atoms with Gasteiger partial charge in [0.05, 0.1) is 0 Å². The molecule has 10 rings (SSSR count). The monoisotopic (exact) mass is 721 g/mol. The molecular formula is C47H22B7N3O. The molecule has 14 radical (unpaired) electrons. The van der Waals surface area contributed by atoms with E-state index in [1.807, 2.05) is 60.7 Å². The Labute approximate surface area is 344 Å². The molecule has 0 aliphatic rings. The molecule has 2 aromatic heterocycles. The van der Waals surface area contributed by atoms with Crippen molar-refractivity contribution in [1.82, 2.24) is 15.0 Å². The van der Waals surface area contributed by atoms with Crippen LogP contribution in [0.4, 0.5) is 0 Å². The maximum Gasteiger partial charge on any atom is 0.164 e. The van der Waals surface area contributed by atoms with Crippen molar-refractivity contribution in [2.45, 2.75) is 0 Å². The van der Waals surface area contributed by atoms with Crippen molar-refractivity contribution in [2.24, 2.45) is 0 Å². The fourth-order valence-electron chi connectivity index (χ4n) is 7.93. The third kappa shape index (κ3) is 5.75. The van der Waals surface area contributed by atoms with Gasteiger partial charge < -0.3 is 4.42 Å². The van der Waals surface area contributed by atoms with E-state index in [1.165, 1.54) is 10.8 Å². The summed E-state index contributed by atoms with van der Waals surface area (Å²) >= 11 is 0. The van der Waals surface area contributed by atoms with Crippen molar-refractivity contribution < 1.29 is 4.42 Å². The summed E-state index contributed by atoms with van der Waals surface area (Å²) in [5.74, 6) is 0.914. The van der Waals surface area contributed by atoms with E-state index in [0.717, 1.165) is 49.7 Å². The van der Waals surface area contributed by atoms with E-state index in [4.69, 9.17) is 74.3 Å². The molecule has 4 nitrogen and oxygen atoms in total. The average Bonchev–Trinajstić information content (AvgIpc) is 3.65. The van der Waals surface area contributed by atoms with Crippen LogP contribution in [0.5, 0.6) is 0 Å². The Bertz CT molecular complexity index is 3330. The minimum absolute atomic E-state index is 0.0875. The van der Waals surface area contributed by atoms with Crippen LogP contribution < -0.4 is 38.2 Å². The van der Waals surface area contributed by atoms with E-state index in [1.54, 1.807) is 0 Å². The lowest BCUT2D eigenvalue weighted by molar-refractivity contribution is 0.669. The highest BCUT2D eigenvalue weighted by Gasteiger charge is 2.22. The largest absolute Gasteiger partial charge is 0.456 e. The summed E-state index contributed by atoms with van der Waals surface area (Å²) in [4.78, 5) is 15.1. The van der Waals surface area contributed by atoms with E-state index in [-0.39, 0.29) is 49.6 Å². The Morgan fingerprint density at radius 1 is 0.345 bits per heavy atom. The molecule has 11 heteroatoms. The fraction of sp³-hybridized carbons (Fsp3) is 0. The van der Waals surface area contributed by atoms with Crippen molar-refractivity contribution in [3.63, 3.8) is 0 Å². The van der Waals surface area contributed by atoms with Crippen LogP contribution in [0.1, 0.15) is 0 Å². The zero-order valence-electron chi connectivity index (χ0n) is 31.0. The second-order valence-corrected chi connectivity index (χ2v) is 14.3. The topological polar surface area (TPSA) is 51.8 Å². The van der Waals surface area contributed by atoms with Gasteiger partial charge in [0.1, 0.15) is 66.1 Å². The highest BCUT2D eigenvalue weighted by molar-refractivity contribution is 6.72. The van der Waals surface area contributed by atoms with Crippen molar-refractivity contribution in [2.75, 3.05) is 0 Å². The number of furan rings is 1. The molecule has 0 aliphatic heterocycles. The van der Waals surface area contributed by atoms with Gasteiger partial charge in [0.25, 0.3) is 0 Å². The average molecular weight is 720 g/mol. The summed E-state index contributed by atoms with van der Waals surface area (Å²) in [6.45, 7) is 0. The molecular weight excluding hydrogens is 698 g/mol. The first-order valence-corrected chi connectivity index (χ1v) is 18.6. The van der Waals surface area contributed by atoms with Gasteiger partial charge in [-0.25, -0.2) is 15.0 Å². The van der Waals surface area contributed by atoms with Gasteiger partial charge in [0.2, 0.25) is 0 Å². The van der Waals surface area contributed by atoms with Gasteiger partial charge >= 0.3 is 0 Å². The Morgan fingerprint density at radius 2 is 0.897 bits per heavy atom. The first-order chi connectivity index (χ1) is 28.2. The van der Waals surface area contributed by atoms with E-state index in [2.05, 4.69) is 72.8 Å². The molecule has 8 aromatic carbocycles. The quantitative estimate of drug-likeness (QED) is 0.253. The van der Waals surface area contributed by atoms with Crippen LogP contribution in [0.25, 0.3) is 99.9 Å². The Balaban J connectivity index is 1.16. The van der Waals surface area contributed by atoms with Crippen LogP contribution >= 0.6 is 0 Å². The highest BCUT2D eigenvalue weighted by atomic mass is 16.3. The molecule has 0 atom stereocenters. The van der Waals surface area contributed by atoms with Crippen LogP contribution in [0.2, 0.25) is 0 Å². The minimum Gasteiger partial charge on any atom is -0.456 e. The number of aromatic nitrogens is 3. The van der Waals surface area contributed by atoms with Gasteiger partial charge in [-0.3, -0.25) is 0 Å². The number of nitrogens with zero attached hydrogens (tertiary/aromatic N) is 3. The Kier molecular flexibility index (Phi) is 8.60. The lowest BCUT2D eigenvalue weighted by atomic mass is 9.59. The summed E-state index contributed by atoms with van der Waals surface area (Å²) in [5.41, 5.74) is 8.20.